The molecule has 128 valence electrons. The number of carbonyl (C=O) groups is 1. The van der Waals surface area contributed by atoms with Crippen molar-refractivity contribution in [2.24, 2.45) is 5.10 Å². The van der Waals surface area contributed by atoms with Crippen LogP contribution in [0.5, 0.6) is 0 Å². The Morgan fingerprint density at radius 3 is 2.56 bits per heavy atom. The predicted octanol–water partition coefficient (Wildman–Crippen LogP) is 4.14. The van der Waals surface area contributed by atoms with Crippen LogP contribution in [0.25, 0.3) is 0 Å². The highest BCUT2D eigenvalue weighted by molar-refractivity contribution is 6.34. The Hall–Kier alpha value is -2.64. The van der Waals surface area contributed by atoms with Gasteiger partial charge in [-0.05, 0) is 18.2 Å². The summed E-state index contributed by atoms with van der Waals surface area (Å²) in [4.78, 5) is 22.2. The van der Waals surface area contributed by atoms with E-state index in [1.807, 2.05) is 0 Å². The SMILES string of the molecule is CC(=O)N1N=C(c2ccccc2Cl)OC1c1ccc([N+](=O)[O-])cc1Cl. The van der Waals surface area contributed by atoms with E-state index >= 15 is 0 Å². The second-order valence-electron chi connectivity index (χ2n) is 5.18. The number of hydrazone groups is 1. The van der Waals surface area contributed by atoms with E-state index in [9.17, 15) is 14.9 Å². The van der Waals surface area contributed by atoms with Crippen LogP contribution in [0, 0.1) is 10.1 Å². The molecular formula is C16H11Cl2N3O4. The van der Waals surface area contributed by atoms with Crippen LogP contribution >= 0.6 is 23.2 Å². The van der Waals surface area contributed by atoms with Crippen LogP contribution in [0.1, 0.15) is 24.3 Å². The number of hydrogen-bond donors (Lipinski definition) is 0. The third-order valence-electron chi connectivity index (χ3n) is 3.53. The van der Waals surface area contributed by atoms with Crippen molar-refractivity contribution in [1.29, 1.82) is 0 Å². The van der Waals surface area contributed by atoms with Crippen molar-refractivity contribution in [3.8, 4) is 0 Å². The molecule has 0 saturated heterocycles. The number of nitro benzene ring substituents is 1. The van der Waals surface area contributed by atoms with Crippen LogP contribution in [0.3, 0.4) is 0 Å². The van der Waals surface area contributed by atoms with E-state index in [1.165, 1.54) is 25.1 Å². The predicted molar refractivity (Wildman–Crippen MR) is 92.4 cm³/mol. The van der Waals surface area contributed by atoms with Crippen molar-refractivity contribution < 1.29 is 14.5 Å². The van der Waals surface area contributed by atoms with Gasteiger partial charge < -0.3 is 4.74 Å². The number of hydrogen-bond acceptors (Lipinski definition) is 5. The summed E-state index contributed by atoms with van der Waals surface area (Å²) in [5.74, 6) is -0.207. The largest absolute Gasteiger partial charge is 0.446 e. The number of nitro groups is 1. The molecule has 0 saturated carbocycles. The Bertz CT molecular complexity index is 901. The minimum absolute atomic E-state index is 0.0982. The topological polar surface area (TPSA) is 85.0 Å². The van der Waals surface area contributed by atoms with Gasteiger partial charge in [0.05, 0.1) is 20.5 Å². The van der Waals surface area contributed by atoms with Crippen LogP contribution in [0.15, 0.2) is 47.6 Å². The van der Waals surface area contributed by atoms with Gasteiger partial charge in [-0.3, -0.25) is 14.9 Å². The Morgan fingerprint density at radius 2 is 1.96 bits per heavy atom. The van der Waals surface area contributed by atoms with Crippen molar-refractivity contribution in [3.05, 3.63) is 73.8 Å². The van der Waals surface area contributed by atoms with Crippen molar-refractivity contribution in [2.45, 2.75) is 13.2 Å². The molecule has 1 aliphatic heterocycles. The van der Waals surface area contributed by atoms with Crippen molar-refractivity contribution in [2.75, 3.05) is 0 Å². The summed E-state index contributed by atoms with van der Waals surface area (Å²) in [5.41, 5.74) is 0.748. The lowest BCUT2D eigenvalue weighted by molar-refractivity contribution is -0.384. The Kier molecular flexibility index (Phi) is 4.61. The Morgan fingerprint density at radius 1 is 1.24 bits per heavy atom. The van der Waals surface area contributed by atoms with Crippen molar-refractivity contribution >= 4 is 40.7 Å². The van der Waals surface area contributed by atoms with Gasteiger partial charge in [0.1, 0.15) is 0 Å². The fourth-order valence-corrected chi connectivity index (χ4v) is 2.83. The molecule has 0 radical (unpaired) electrons. The molecule has 25 heavy (non-hydrogen) atoms. The van der Waals surface area contributed by atoms with Crippen LogP contribution in [-0.4, -0.2) is 21.7 Å². The van der Waals surface area contributed by atoms with Crippen LogP contribution < -0.4 is 0 Å². The average molecular weight is 380 g/mol. The maximum absolute atomic E-state index is 11.9. The summed E-state index contributed by atoms with van der Waals surface area (Å²) in [6, 6.07) is 10.8. The zero-order chi connectivity index (χ0) is 18.1. The van der Waals surface area contributed by atoms with E-state index in [-0.39, 0.29) is 22.5 Å². The molecule has 7 nitrogen and oxygen atoms in total. The summed E-state index contributed by atoms with van der Waals surface area (Å²) in [7, 11) is 0. The first-order valence-electron chi connectivity index (χ1n) is 7.12. The first-order valence-corrected chi connectivity index (χ1v) is 7.88. The normalized spacial score (nSPS) is 16.4. The lowest BCUT2D eigenvalue weighted by Crippen LogP contribution is -2.25. The van der Waals surface area contributed by atoms with E-state index < -0.39 is 11.2 Å². The first kappa shape index (κ1) is 17.2. The third kappa shape index (κ3) is 3.29. The maximum atomic E-state index is 11.9. The number of amides is 1. The number of carbonyl (C=O) groups excluding carboxylic acids is 1. The molecule has 1 atom stereocenters. The smallest absolute Gasteiger partial charge is 0.270 e. The molecule has 9 heteroatoms. The zero-order valence-electron chi connectivity index (χ0n) is 12.8. The van der Waals surface area contributed by atoms with Gasteiger partial charge in [0.15, 0.2) is 0 Å². The zero-order valence-corrected chi connectivity index (χ0v) is 14.4. The van der Waals surface area contributed by atoms with Gasteiger partial charge in [-0.1, -0.05) is 35.3 Å². The van der Waals surface area contributed by atoms with E-state index in [2.05, 4.69) is 5.10 Å². The summed E-state index contributed by atoms with van der Waals surface area (Å²) in [6.45, 7) is 1.33. The number of nitrogens with zero attached hydrogens (tertiary/aromatic N) is 3. The number of benzene rings is 2. The molecule has 0 aliphatic carbocycles. The Balaban J connectivity index is 1.99. The molecule has 2 aromatic carbocycles. The van der Waals surface area contributed by atoms with E-state index in [0.29, 0.717) is 16.1 Å². The fourth-order valence-electron chi connectivity index (χ4n) is 2.34. The molecule has 0 bridgehead atoms. The van der Waals surface area contributed by atoms with E-state index in [4.69, 9.17) is 27.9 Å². The molecule has 1 heterocycles. The molecule has 0 spiro atoms. The van der Waals surface area contributed by atoms with Crippen molar-refractivity contribution in [3.63, 3.8) is 0 Å². The van der Waals surface area contributed by atoms with Crippen LogP contribution in [0.4, 0.5) is 5.69 Å². The molecular weight excluding hydrogens is 369 g/mol. The lowest BCUT2D eigenvalue weighted by Gasteiger charge is -2.20. The van der Waals surface area contributed by atoms with Gasteiger partial charge in [0, 0.05) is 24.6 Å². The highest BCUT2D eigenvalue weighted by Crippen LogP contribution is 2.36. The highest BCUT2D eigenvalue weighted by atomic mass is 35.5. The number of halogens is 2. The molecule has 0 aromatic heterocycles. The summed E-state index contributed by atoms with van der Waals surface area (Å²) >= 11 is 12.3. The minimum atomic E-state index is -0.933. The summed E-state index contributed by atoms with van der Waals surface area (Å²) in [5, 5.41) is 16.7. The molecule has 1 amide bonds. The second-order valence-corrected chi connectivity index (χ2v) is 6.00. The first-order chi connectivity index (χ1) is 11.9. The van der Waals surface area contributed by atoms with Crippen LogP contribution in [-0.2, 0) is 9.53 Å². The summed E-state index contributed by atoms with van der Waals surface area (Å²) in [6.07, 6.45) is -0.933. The summed E-state index contributed by atoms with van der Waals surface area (Å²) < 4.78 is 5.79. The number of ether oxygens (including phenoxy) is 1. The van der Waals surface area contributed by atoms with Gasteiger partial charge in [0.2, 0.25) is 18.0 Å². The van der Waals surface area contributed by atoms with Gasteiger partial charge >= 0.3 is 0 Å². The van der Waals surface area contributed by atoms with E-state index in [0.717, 1.165) is 5.01 Å². The van der Waals surface area contributed by atoms with E-state index in [1.54, 1.807) is 24.3 Å². The Labute approximate surface area is 152 Å². The second kappa shape index (κ2) is 6.70. The maximum Gasteiger partial charge on any atom is 0.270 e. The molecule has 0 fully saturated rings. The lowest BCUT2D eigenvalue weighted by atomic mass is 10.1. The standard InChI is InChI=1S/C16H11Cl2N3O4/c1-9(22)20-16(12-7-6-10(21(23)24)8-14(12)18)25-15(19-20)11-4-2-3-5-13(11)17/h2-8,16H,1H3. The van der Waals surface area contributed by atoms with Gasteiger partial charge in [0.25, 0.3) is 5.69 Å². The molecule has 1 unspecified atom stereocenters. The third-order valence-corrected chi connectivity index (χ3v) is 4.19. The van der Waals surface area contributed by atoms with Crippen LogP contribution in [0.2, 0.25) is 10.0 Å². The molecule has 2 aromatic rings. The number of rotatable bonds is 3. The van der Waals surface area contributed by atoms with Crippen molar-refractivity contribution in [1.82, 2.24) is 5.01 Å². The quantitative estimate of drug-likeness (QED) is 0.592. The highest BCUT2D eigenvalue weighted by Gasteiger charge is 2.35. The fraction of sp³-hybridized carbons (Fsp3) is 0.125. The van der Waals surface area contributed by atoms with Gasteiger partial charge in [-0.15, -0.1) is 5.10 Å². The molecule has 1 aliphatic rings. The van der Waals surface area contributed by atoms with Gasteiger partial charge in [-0.25, -0.2) is 0 Å². The minimum Gasteiger partial charge on any atom is -0.446 e. The average Bonchev–Trinajstić information content (AvgIpc) is 3.00. The number of non-ortho nitro benzene ring substituents is 1. The van der Waals surface area contributed by atoms with Gasteiger partial charge in [-0.2, -0.15) is 5.01 Å². The molecule has 0 N–H and O–H groups in total. The molecule has 3 rings (SSSR count). The monoisotopic (exact) mass is 379 g/mol.